The van der Waals surface area contributed by atoms with Crippen LogP contribution in [0.1, 0.15) is 51.8 Å². The Hall–Kier alpha value is -3.40. The van der Waals surface area contributed by atoms with Crippen molar-refractivity contribution in [1.29, 1.82) is 0 Å². The number of ether oxygens (including phenoxy) is 2. The molecule has 0 unspecified atom stereocenters. The molecule has 0 spiro atoms. The quantitative estimate of drug-likeness (QED) is 0.642. The minimum absolute atomic E-state index is 0.0608. The maximum absolute atomic E-state index is 13.2. The third kappa shape index (κ3) is 3.13. The van der Waals surface area contributed by atoms with Gasteiger partial charge in [-0.1, -0.05) is 6.07 Å². The van der Waals surface area contributed by atoms with E-state index in [0.29, 0.717) is 23.5 Å². The van der Waals surface area contributed by atoms with Crippen LogP contribution >= 0.6 is 0 Å². The van der Waals surface area contributed by atoms with Crippen LogP contribution in [0.15, 0.2) is 30.5 Å². The van der Waals surface area contributed by atoms with Gasteiger partial charge in [0, 0.05) is 23.6 Å². The highest BCUT2D eigenvalue weighted by Gasteiger charge is 2.36. The highest BCUT2D eigenvalue weighted by atomic mass is 19.4. The largest absolute Gasteiger partial charge is 0.491 e. The molecule has 1 amide bonds. The van der Waals surface area contributed by atoms with Crippen molar-refractivity contribution in [3.05, 3.63) is 58.4 Å². The highest BCUT2D eigenvalue weighted by molar-refractivity contribution is 5.97. The van der Waals surface area contributed by atoms with E-state index in [0.717, 1.165) is 28.6 Å². The molecule has 32 heavy (non-hydrogen) atoms. The van der Waals surface area contributed by atoms with Gasteiger partial charge in [-0.05, 0) is 30.7 Å². The van der Waals surface area contributed by atoms with Crippen LogP contribution in [0, 0.1) is 0 Å². The Morgan fingerprint density at radius 1 is 1.28 bits per heavy atom. The number of rotatable bonds is 2. The average molecular weight is 444 g/mol. The van der Waals surface area contributed by atoms with Crippen LogP contribution in [-0.4, -0.2) is 34.4 Å². The molecular formula is C22H19F3N4O3. The number of alkyl halides is 3. The lowest BCUT2D eigenvalue weighted by Gasteiger charge is -2.23. The predicted molar refractivity (Wildman–Crippen MR) is 109 cm³/mol. The number of carbonyl (C=O) groups excluding carboxylic acids is 1. The number of nitrogens with zero attached hydrogens (tertiary/aromatic N) is 3. The number of nitrogen functional groups attached to an aromatic ring is 1. The van der Waals surface area contributed by atoms with Crippen molar-refractivity contribution in [2.45, 2.75) is 31.9 Å². The zero-order valence-electron chi connectivity index (χ0n) is 17.2. The van der Waals surface area contributed by atoms with Gasteiger partial charge in [-0.3, -0.25) is 4.79 Å². The number of fused-ring (bicyclic) bond motifs is 4. The van der Waals surface area contributed by atoms with E-state index in [4.69, 9.17) is 15.2 Å². The maximum atomic E-state index is 13.2. The fraction of sp³-hybridized carbons (Fsp3) is 0.318. The molecule has 7 nitrogen and oxygen atoms in total. The summed E-state index contributed by atoms with van der Waals surface area (Å²) in [6.07, 6.45) is -3.16. The van der Waals surface area contributed by atoms with Crippen LogP contribution < -0.4 is 10.5 Å². The number of nitrogens with two attached hydrogens (primary N) is 1. The molecule has 2 aromatic heterocycles. The number of carbonyl (C=O) groups is 1. The van der Waals surface area contributed by atoms with E-state index in [9.17, 15) is 18.0 Å². The number of anilines is 1. The molecule has 2 aliphatic rings. The maximum Gasteiger partial charge on any atom is 0.416 e. The van der Waals surface area contributed by atoms with E-state index >= 15 is 0 Å². The number of likely N-dealkylation sites (N-methyl/N-ethyl adjacent to an activating group) is 1. The highest BCUT2D eigenvalue weighted by Crippen LogP contribution is 2.41. The first-order chi connectivity index (χ1) is 15.1. The molecule has 0 saturated carbocycles. The molecule has 4 heterocycles. The second-order valence-electron chi connectivity index (χ2n) is 7.92. The van der Waals surface area contributed by atoms with Crippen molar-refractivity contribution in [2.75, 3.05) is 19.4 Å². The molecule has 0 radical (unpaired) electrons. The van der Waals surface area contributed by atoms with Crippen LogP contribution in [0.3, 0.4) is 0 Å². The molecule has 10 heteroatoms. The lowest BCUT2D eigenvalue weighted by molar-refractivity contribution is -0.137. The number of aromatic nitrogens is 2. The Labute approximate surface area is 181 Å². The van der Waals surface area contributed by atoms with E-state index < -0.39 is 17.8 Å². The van der Waals surface area contributed by atoms with Crippen molar-refractivity contribution >= 4 is 22.6 Å². The van der Waals surface area contributed by atoms with Crippen molar-refractivity contribution < 1.29 is 27.4 Å². The van der Waals surface area contributed by atoms with Gasteiger partial charge < -0.3 is 20.1 Å². The summed E-state index contributed by atoms with van der Waals surface area (Å²) in [5.41, 5.74) is 8.24. The third-order valence-electron chi connectivity index (χ3n) is 6.04. The lowest BCUT2D eigenvalue weighted by Crippen LogP contribution is -2.32. The minimum Gasteiger partial charge on any atom is -0.491 e. The van der Waals surface area contributed by atoms with Crippen molar-refractivity contribution in [3.8, 4) is 5.75 Å². The van der Waals surface area contributed by atoms with Gasteiger partial charge in [-0.2, -0.15) is 13.2 Å². The van der Waals surface area contributed by atoms with Gasteiger partial charge in [0.15, 0.2) is 0 Å². The Balaban J connectivity index is 1.47. The fourth-order valence-corrected chi connectivity index (χ4v) is 4.30. The van der Waals surface area contributed by atoms with Crippen LogP contribution in [0.25, 0.3) is 10.9 Å². The van der Waals surface area contributed by atoms with Gasteiger partial charge in [0.25, 0.3) is 5.91 Å². The molecule has 3 aromatic rings. The first kappa shape index (κ1) is 20.5. The van der Waals surface area contributed by atoms with E-state index in [1.54, 1.807) is 13.1 Å². The molecule has 2 atom stereocenters. The summed E-state index contributed by atoms with van der Waals surface area (Å²) >= 11 is 0. The smallest absolute Gasteiger partial charge is 0.416 e. The molecule has 0 bridgehead atoms. The molecule has 166 valence electrons. The molecule has 5 rings (SSSR count). The van der Waals surface area contributed by atoms with Crippen molar-refractivity contribution in [1.82, 2.24) is 14.9 Å². The topological polar surface area (TPSA) is 90.6 Å². The lowest BCUT2D eigenvalue weighted by atomic mass is 10.0. The Kier molecular flexibility index (Phi) is 4.52. The monoisotopic (exact) mass is 444 g/mol. The fourth-order valence-electron chi connectivity index (χ4n) is 4.30. The van der Waals surface area contributed by atoms with E-state index in [-0.39, 0.29) is 30.1 Å². The van der Waals surface area contributed by atoms with Crippen molar-refractivity contribution in [2.24, 2.45) is 0 Å². The Bertz CT molecular complexity index is 1260. The molecule has 2 N–H and O–H groups in total. The van der Waals surface area contributed by atoms with Gasteiger partial charge in [0.1, 0.15) is 23.9 Å². The second-order valence-corrected chi connectivity index (χ2v) is 7.92. The van der Waals surface area contributed by atoms with Gasteiger partial charge in [0.2, 0.25) is 0 Å². The summed E-state index contributed by atoms with van der Waals surface area (Å²) in [5, 5.41) is 0.739. The van der Waals surface area contributed by atoms with Gasteiger partial charge >= 0.3 is 6.18 Å². The summed E-state index contributed by atoms with van der Waals surface area (Å²) in [4.78, 5) is 23.2. The predicted octanol–water partition coefficient (Wildman–Crippen LogP) is 4.03. The molecule has 1 aromatic carbocycles. The summed E-state index contributed by atoms with van der Waals surface area (Å²) in [6, 6.07) is 4.43. The Morgan fingerprint density at radius 2 is 2.06 bits per heavy atom. The normalized spacial score (nSPS) is 19.5. The SMILES string of the molecule is C[C@H]1OCc2c1c(N)nc1cnc(C(=O)N(C)[C@@H]3COc4cc(C(F)(F)F)ccc43)cc21. The van der Waals surface area contributed by atoms with Gasteiger partial charge in [-0.25, -0.2) is 9.97 Å². The van der Waals surface area contributed by atoms with E-state index in [2.05, 4.69) is 9.97 Å². The van der Waals surface area contributed by atoms with Gasteiger partial charge in [-0.15, -0.1) is 0 Å². The first-order valence-electron chi connectivity index (χ1n) is 9.96. The molecule has 0 saturated heterocycles. The van der Waals surface area contributed by atoms with Crippen LogP contribution in [0.5, 0.6) is 5.75 Å². The van der Waals surface area contributed by atoms with Crippen LogP contribution in [-0.2, 0) is 17.5 Å². The standard InChI is InChI=1S/C22H19F3N4O3/c1-10-19-14(8-31-10)13-6-15(27-7-16(13)28-20(19)26)21(30)29(2)17-9-32-18-5-11(22(23,24)25)3-4-12(17)18/h3-7,10,17H,8-9H2,1-2H3,(H2,26,28)/t10-,17-/m1/s1. The van der Waals surface area contributed by atoms with E-state index in [1.807, 2.05) is 6.92 Å². The molecular weight excluding hydrogens is 425 g/mol. The van der Waals surface area contributed by atoms with Gasteiger partial charge in [0.05, 0.1) is 36.0 Å². The number of hydrogen-bond acceptors (Lipinski definition) is 6. The second kappa shape index (κ2) is 7.06. The zero-order valence-corrected chi connectivity index (χ0v) is 17.2. The van der Waals surface area contributed by atoms with Crippen LogP contribution in [0.4, 0.5) is 19.0 Å². The molecule has 2 aliphatic heterocycles. The summed E-state index contributed by atoms with van der Waals surface area (Å²) in [6.45, 7) is 2.31. The minimum atomic E-state index is -4.47. The van der Waals surface area contributed by atoms with Crippen molar-refractivity contribution in [3.63, 3.8) is 0 Å². The number of hydrogen-bond donors (Lipinski definition) is 1. The number of halogens is 3. The number of pyridine rings is 2. The van der Waals surface area contributed by atoms with E-state index in [1.165, 1.54) is 17.2 Å². The number of amides is 1. The summed E-state index contributed by atoms with van der Waals surface area (Å²) in [5.74, 6) is 0.124. The molecule has 0 fully saturated rings. The third-order valence-corrected chi connectivity index (χ3v) is 6.04. The zero-order chi connectivity index (χ0) is 22.8. The van der Waals surface area contributed by atoms with Crippen LogP contribution in [0.2, 0.25) is 0 Å². The molecule has 0 aliphatic carbocycles. The average Bonchev–Trinajstić information content (AvgIpc) is 3.35. The summed E-state index contributed by atoms with van der Waals surface area (Å²) < 4.78 is 50.1. The first-order valence-corrected chi connectivity index (χ1v) is 9.96. The number of benzene rings is 1. The Morgan fingerprint density at radius 3 is 2.81 bits per heavy atom. The summed E-state index contributed by atoms with van der Waals surface area (Å²) in [7, 11) is 1.58.